The lowest BCUT2D eigenvalue weighted by molar-refractivity contribution is 0.144. The average molecular weight is 261 g/mol. The number of hydrogen-bond acceptors (Lipinski definition) is 5. The van der Waals surface area contributed by atoms with Crippen LogP contribution in [0.25, 0.3) is 10.9 Å². The normalized spacial score (nSPS) is 11.7. The van der Waals surface area contributed by atoms with Gasteiger partial charge in [0.1, 0.15) is 6.61 Å². The van der Waals surface area contributed by atoms with Crippen LogP contribution in [0, 0.1) is 0 Å². The summed E-state index contributed by atoms with van der Waals surface area (Å²) in [6, 6.07) is 9.33. The summed E-state index contributed by atoms with van der Waals surface area (Å²) < 4.78 is 10.4. The number of hydrogen-bond donors (Lipinski definition) is 2. The molecule has 0 amide bonds. The summed E-state index contributed by atoms with van der Waals surface area (Å²) >= 11 is 0. The Balaban J connectivity index is 2.45. The van der Waals surface area contributed by atoms with E-state index in [1.54, 1.807) is 13.2 Å². The number of nitrogens with two attached hydrogens (primary N) is 1. The smallest absolute Gasteiger partial charge is 0.225 e. The van der Waals surface area contributed by atoms with E-state index < -0.39 is 0 Å². The van der Waals surface area contributed by atoms with Gasteiger partial charge in [-0.05, 0) is 12.1 Å². The lowest BCUT2D eigenvalue weighted by atomic mass is 10.1. The van der Waals surface area contributed by atoms with Crippen LogP contribution in [0.5, 0.6) is 5.88 Å². The molecule has 3 N–H and O–H groups in total. The molecular weight excluding hydrogens is 246 g/mol. The molecule has 0 radical (unpaired) electrons. The Hall–Kier alpha value is -2.34. The number of benzene rings is 1. The van der Waals surface area contributed by atoms with Crippen LogP contribution >= 0.6 is 0 Å². The minimum absolute atomic E-state index is 0.0364. The molecule has 100 valence electrons. The van der Waals surface area contributed by atoms with Gasteiger partial charge >= 0.3 is 0 Å². The van der Waals surface area contributed by atoms with E-state index in [2.05, 4.69) is 10.1 Å². The Bertz CT molecular complexity index is 599. The quantitative estimate of drug-likeness (QED) is 0.279. The number of methoxy groups -OCH3 is 1. The van der Waals surface area contributed by atoms with Crippen molar-refractivity contribution in [1.29, 1.82) is 0 Å². The van der Waals surface area contributed by atoms with Gasteiger partial charge in [-0.25, -0.2) is 4.98 Å². The van der Waals surface area contributed by atoms with Crippen LogP contribution in [0.4, 0.5) is 0 Å². The fourth-order valence-corrected chi connectivity index (χ4v) is 1.67. The van der Waals surface area contributed by atoms with Crippen molar-refractivity contribution in [2.24, 2.45) is 10.9 Å². The van der Waals surface area contributed by atoms with E-state index in [4.69, 9.17) is 20.4 Å². The van der Waals surface area contributed by atoms with Crippen molar-refractivity contribution in [1.82, 2.24) is 4.98 Å². The first-order chi connectivity index (χ1) is 9.26. The highest BCUT2D eigenvalue weighted by Crippen LogP contribution is 2.22. The van der Waals surface area contributed by atoms with Crippen LogP contribution in [0.2, 0.25) is 0 Å². The summed E-state index contributed by atoms with van der Waals surface area (Å²) in [7, 11) is 1.58. The summed E-state index contributed by atoms with van der Waals surface area (Å²) in [6.07, 6.45) is 0. The predicted octanol–water partition coefficient (Wildman–Crippen LogP) is 1.35. The van der Waals surface area contributed by atoms with Gasteiger partial charge in [0.2, 0.25) is 5.88 Å². The molecule has 0 aliphatic heterocycles. The predicted molar refractivity (Wildman–Crippen MR) is 71.6 cm³/mol. The third-order valence-corrected chi connectivity index (χ3v) is 2.60. The maximum Gasteiger partial charge on any atom is 0.225 e. The highest BCUT2D eigenvalue weighted by molar-refractivity contribution is 6.02. The number of fused-ring (bicyclic) bond motifs is 1. The second kappa shape index (κ2) is 6.01. The van der Waals surface area contributed by atoms with Crippen LogP contribution in [0.15, 0.2) is 35.5 Å². The van der Waals surface area contributed by atoms with Gasteiger partial charge in [-0.1, -0.05) is 23.4 Å². The van der Waals surface area contributed by atoms with E-state index >= 15 is 0 Å². The first-order valence-corrected chi connectivity index (χ1v) is 5.75. The average Bonchev–Trinajstić information content (AvgIpc) is 2.46. The third kappa shape index (κ3) is 2.92. The van der Waals surface area contributed by atoms with E-state index in [1.165, 1.54) is 0 Å². The molecule has 0 saturated heterocycles. The first kappa shape index (κ1) is 13.1. The lowest BCUT2D eigenvalue weighted by Gasteiger charge is -2.10. The van der Waals surface area contributed by atoms with Gasteiger partial charge in [0.15, 0.2) is 5.84 Å². The molecule has 0 spiro atoms. The monoisotopic (exact) mass is 261 g/mol. The molecule has 2 rings (SSSR count). The standard InChI is InChI=1S/C13H15N3O3/c1-18-6-7-19-13-10(12(14)16-17)8-9-4-2-3-5-11(9)15-13/h2-5,8,17H,6-7H2,1H3,(H2,14,16). The van der Waals surface area contributed by atoms with Crippen molar-refractivity contribution in [2.45, 2.75) is 0 Å². The zero-order valence-corrected chi connectivity index (χ0v) is 10.5. The summed E-state index contributed by atoms with van der Waals surface area (Å²) in [4.78, 5) is 4.37. The Morgan fingerprint density at radius 2 is 2.16 bits per heavy atom. The number of para-hydroxylation sites is 1. The number of oxime groups is 1. The lowest BCUT2D eigenvalue weighted by Crippen LogP contribution is -2.17. The topological polar surface area (TPSA) is 90.0 Å². The van der Waals surface area contributed by atoms with Gasteiger partial charge in [-0.3, -0.25) is 0 Å². The first-order valence-electron chi connectivity index (χ1n) is 5.75. The highest BCUT2D eigenvalue weighted by Gasteiger charge is 2.12. The second-order valence-corrected chi connectivity index (χ2v) is 3.86. The summed E-state index contributed by atoms with van der Waals surface area (Å²) in [5.41, 5.74) is 6.88. The van der Waals surface area contributed by atoms with Crippen molar-refractivity contribution >= 4 is 16.7 Å². The van der Waals surface area contributed by atoms with Crippen molar-refractivity contribution in [3.05, 3.63) is 35.9 Å². The number of nitrogens with zero attached hydrogens (tertiary/aromatic N) is 2. The number of ether oxygens (including phenoxy) is 2. The van der Waals surface area contributed by atoms with Crippen molar-refractivity contribution in [3.63, 3.8) is 0 Å². The van der Waals surface area contributed by atoms with Crippen molar-refractivity contribution in [2.75, 3.05) is 20.3 Å². The van der Waals surface area contributed by atoms with Crippen LogP contribution in [0.3, 0.4) is 0 Å². The van der Waals surface area contributed by atoms with Gasteiger partial charge < -0.3 is 20.4 Å². The molecule has 0 unspecified atom stereocenters. The van der Waals surface area contributed by atoms with Crippen molar-refractivity contribution < 1.29 is 14.7 Å². The van der Waals surface area contributed by atoms with Gasteiger partial charge in [-0.2, -0.15) is 0 Å². The summed E-state index contributed by atoms with van der Waals surface area (Å²) in [5, 5.41) is 12.7. The summed E-state index contributed by atoms with van der Waals surface area (Å²) in [5.74, 6) is 0.289. The van der Waals surface area contributed by atoms with Crippen LogP contribution < -0.4 is 10.5 Å². The maximum absolute atomic E-state index is 8.81. The number of aromatic nitrogens is 1. The molecular formula is C13H15N3O3. The number of rotatable bonds is 5. The molecule has 0 fully saturated rings. The SMILES string of the molecule is COCCOc1nc2ccccc2cc1C(N)=NO. The van der Waals surface area contributed by atoms with E-state index in [0.29, 0.717) is 24.7 Å². The molecule has 0 aliphatic rings. The number of pyridine rings is 1. The molecule has 19 heavy (non-hydrogen) atoms. The van der Waals surface area contributed by atoms with Gasteiger partial charge in [0.05, 0.1) is 17.7 Å². The van der Waals surface area contributed by atoms with Gasteiger partial charge in [-0.15, -0.1) is 0 Å². The minimum Gasteiger partial charge on any atom is -0.475 e. The van der Waals surface area contributed by atoms with Crippen LogP contribution in [-0.2, 0) is 4.74 Å². The van der Waals surface area contributed by atoms with E-state index in [9.17, 15) is 0 Å². The van der Waals surface area contributed by atoms with Crippen LogP contribution in [0.1, 0.15) is 5.56 Å². The maximum atomic E-state index is 8.81. The third-order valence-electron chi connectivity index (χ3n) is 2.60. The summed E-state index contributed by atoms with van der Waals surface area (Å²) in [6.45, 7) is 0.775. The zero-order chi connectivity index (χ0) is 13.7. The van der Waals surface area contributed by atoms with Gasteiger partial charge in [0, 0.05) is 12.5 Å². The Morgan fingerprint density at radius 3 is 2.89 bits per heavy atom. The molecule has 2 aromatic rings. The molecule has 0 aliphatic carbocycles. The molecule has 0 atom stereocenters. The van der Waals surface area contributed by atoms with Crippen molar-refractivity contribution in [3.8, 4) is 5.88 Å². The molecule has 6 heteroatoms. The molecule has 1 aromatic heterocycles. The molecule has 6 nitrogen and oxygen atoms in total. The second-order valence-electron chi connectivity index (χ2n) is 3.86. The van der Waals surface area contributed by atoms with E-state index in [-0.39, 0.29) is 5.84 Å². The largest absolute Gasteiger partial charge is 0.475 e. The fraction of sp³-hybridized carbons (Fsp3) is 0.231. The minimum atomic E-state index is -0.0364. The van der Waals surface area contributed by atoms with Gasteiger partial charge in [0.25, 0.3) is 0 Å². The molecule has 1 heterocycles. The Labute approximate surface area is 110 Å². The zero-order valence-electron chi connectivity index (χ0n) is 10.5. The van der Waals surface area contributed by atoms with E-state index in [0.717, 1.165) is 10.9 Å². The van der Waals surface area contributed by atoms with E-state index in [1.807, 2.05) is 24.3 Å². The Kier molecular flexibility index (Phi) is 4.15. The van der Waals surface area contributed by atoms with Crippen LogP contribution in [-0.4, -0.2) is 36.4 Å². The fourth-order valence-electron chi connectivity index (χ4n) is 1.67. The molecule has 0 bridgehead atoms. The Morgan fingerprint density at radius 1 is 1.37 bits per heavy atom. The highest BCUT2D eigenvalue weighted by atomic mass is 16.5. The number of amidine groups is 1. The molecule has 1 aromatic carbocycles. The molecule has 0 saturated carbocycles.